The molecule has 0 aromatic carbocycles. The lowest BCUT2D eigenvalue weighted by atomic mass is 10.6. The van der Waals surface area contributed by atoms with Crippen LogP contribution in [0.2, 0.25) is 0 Å². The molecule has 0 amide bonds. The molecule has 9 heavy (non-hydrogen) atoms. The SMILES string of the molecule is C[CH]OS(=O)(=O)CCC. The highest BCUT2D eigenvalue weighted by Crippen LogP contribution is 1.96. The van der Waals surface area contributed by atoms with Gasteiger partial charge in [0.2, 0.25) is 0 Å². The third-order valence-corrected chi connectivity index (χ3v) is 2.09. The van der Waals surface area contributed by atoms with Crippen molar-refractivity contribution in [3.63, 3.8) is 0 Å². The Labute approximate surface area is 56.1 Å². The lowest BCUT2D eigenvalue weighted by Gasteiger charge is -1.97. The van der Waals surface area contributed by atoms with Gasteiger partial charge in [-0.1, -0.05) is 6.92 Å². The maximum absolute atomic E-state index is 10.6. The summed E-state index contributed by atoms with van der Waals surface area (Å²) >= 11 is 0. The van der Waals surface area contributed by atoms with Crippen LogP contribution in [-0.4, -0.2) is 14.2 Å². The molecular weight excluding hydrogens is 140 g/mol. The van der Waals surface area contributed by atoms with Gasteiger partial charge in [0.05, 0.1) is 5.75 Å². The van der Waals surface area contributed by atoms with Gasteiger partial charge >= 0.3 is 0 Å². The van der Waals surface area contributed by atoms with E-state index in [9.17, 15) is 8.42 Å². The second kappa shape index (κ2) is 3.85. The molecule has 4 heteroatoms. The molecule has 0 saturated heterocycles. The zero-order chi connectivity index (χ0) is 7.33. The lowest BCUT2D eigenvalue weighted by molar-refractivity contribution is 0.399. The molecule has 0 heterocycles. The first kappa shape index (κ1) is 8.91. The molecule has 0 unspecified atom stereocenters. The van der Waals surface area contributed by atoms with Gasteiger partial charge in [-0.25, -0.2) is 0 Å². The van der Waals surface area contributed by atoms with Crippen molar-refractivity contribution in [3.05, 3.63) is 6.61 Å². The lowest BCUT2D eigenvalue weighted by Crippen LogP contribution is -2.06. The molecule has 0 aliphatic rings. The van der Waals surface area contributed by atoms with E-state index in [4.69, 9.17) is 0 Å². The van der Waals surface area contributed by atoms with Crippen LogP contribution < -0.4 is 0 Å². The van der Waals surface area contributed by atoms with Gasteiger partial charge in [0, 0.05) is 0 Å². The van der Waals surface area contributed by atoms with Crippen molar-refractivity contribution in [2.75, 3.05) is 5.75 Å². The van der Waals surface area contributed by atoms with Gasteiger partial charge in [-0.05, 0) is 13.3 Å². The molecule has 1 radical (unpaired) electrons. The first-order valence-electron chi connectivity index (χ1n) is 2.81. The summed E-state index contributed by atoms with van der Waals surface area (Å²) in [6.07, 6.45) is 0.593. The Morgan fingerprint density at radius 3 is 2.44 bits per heavy atom. The van der Waals surface area contributed by atoms with Gasteiger partial charge in [0.1, 0.15) is 6.61 Å². The van der Waals surface area contributed by atoms with Crippen molar-refractivity contribution in [1.82, 2.24) is 0 Å². The predicted octanol–water partition coefficient (Wildman–Crippen LogP) is 0.924. The van der Waals surface area contributed by atoms with E-state index in [0.29, 0.717) is 6.42 Å². The Morgan fingerprint density at radius 1 is 1.56 bits per heavy atom. The summed E-state index contributed by atoms with van der Waals surface area (Å²) in [4.78, 5) is 0. The molecule has 0 bridgehead atoms. The van der Waals surface area contributed by atoms with E-state index in [0.717, 1.165) is 0 Å². The Bertz CT molecular complexity index is 136. The zero-order valence-corrected chi connectivity index (χ0v) is 6.44. The van der Waals surface area contributed by atoms with Gasteiger partial charge in [-0.2, -0.15) is 8.42 Å². The first-order valence-corrected chi connectivity index (χ1v) is 4.39. The summed E-state index contributed by atoms with van der Waals surface area (Å²) in [5.74, 6) is 0.0946. The van der Waals surface area contributed by atoms with Crippen molar-refractivity contribution in [2.24, 2.45) is 0 Å². The van der Waals surface area contributed by atoms with Crippen molar-refractivity contribution >= 4 is 10.1 Å². The quantitative estimate of drug-likeness (QED) is 0.561. The van der Waals surface area contributed by atoms with Crippen molar-refractivity contribution in [1.29, 1.82) is 0 Å². The number of rotatable bonds is 4. The Hall–Kier alpha value is -0.0900. The predicted molar refractivity (Wildman–Crippen MR) is 35.1 cm³/mol. The second-order valence-corrected chi connectivity index (χ2v) is 3.31. The molecule has 0 rings (SSSR count). The number of hydrogen-bond donors (Lipinski definition) is 0. The van der Waals surface area contributed by atoms with Crippen molar-refractivity contribution in [2.45, 2.75) is 20.3 Å². The largest absolute Gasteiger partial charge is 0.267 e. The maximum atomic E-state index is 10.6. The summed E-state index contributed by atoms with van der Waals surface area (Å²) in [6, 6.07) is 0. The smallest absolute Gasteiger partial charge is 0.264 e. The molecule has 0 spiro atoms. The molecule has 0 aliphatic heterocycles. The monoisotopic (exact) mass is 151 g/mol. The molecule has 0 aromatic heterocycles. The molecule has 0 atom stereocenters. The van der Waals surface area contributed by atoms with Crippen LogP contribution >= 0.6 is 0 Å². The maximum Gasteiger partial charge on any atom is 0.267 e. The van der Waals surface area contributed by atoms with Crippen LogP contribution in [0.25, 0.3) is 0 Å². The minimum atomic E-state index is -3.24. The molecule has 0 saturated carbocycles. The van der Waals surface area contributed by atoms with Gasteiger partial charge in [-0.15, -0.1) is 0 Å². The first-order chi connectivity index (χ1) is 4.12. The Kier molecular flexibility index (Phi) is 3.81. The summed E-state index contributed by atoms with van der Waals surface area (Å²) in [5, 5.41) is 0. The van der Waals surface area contributed by atoms with E-state index in [1.54, 1.807) is 6.92 Å². The van der Waals surface area contributed by atoms with Gasteiger partial charge in [-0.3, -0.25) is 4.18 Å². The Morgan fingerprint density at radius 2 is 2.11 bits per heavy atom. The fourth-order valence-electron chi connectivity index (χ4n) is 0.445. The molecule has 0 fully saturated rings. The van der Waals surface area contributed by atoms with Crippen molar-refractivity contribution < 1.29 is 12.6 Å². The minimum Gasteiger partial charge on any atom is -0.264 e. The third-order valence-electron chi connectivity index (χ3n) is 0.697. The number of hydrogen-bond acceptors (Lipinski definition) is 3. The molecule has 3 nitrogen and oxygen atoms in total. The van der Waals surface area contributed by atoms with Crippen LogP contribution in [0.15, 0.2) is 0 Å². The summed E-state index contributed by atoms with van der Waals surface area (Å²) < 4.78 is 25.5. The van der Waals surface area contributed by atoms with Crippen LogP contribution in [0.4, 0.5) is 0 Å². The fourth-order valence-corrected chi connectivity index (χ4v) is 1.33. The van der Waals surface area contributed by atoms with Crippen molar-refractivity contribution in [3.8, 4) is 0 Å². The normalized spacial score (nSPS) is 11.8. The van der Waals surface area contributed by atoms with Gasteiger partial charge in [0.15, 0.2) is 0 Å². The van der Waals surface area contributed by atoms with E-state index >= 15 is 0 Å². The summed E-state index contributed by atoms with van der Waals surface area (Å²) in [7, 11) is -3.24. The van der Waals surface area contributed by atoms with Gasteiger partial charge < -0.3 is 0 Å². The van der Waals surface area contributed by atoms with Crippen LogP contribution in [0.3, 0.4) is 0 Å². The molecular formula is C5H11O3S. The zero-order valence-electron chi connectivity index (χ0n) is 5.62. The highest BCUT2D eigenvalue weighted by molar-refractivity contribution is 7.86. The van der Waals surface area contributed by atoms with Gasteiger partial charge in [0.25, 0.3) is 10.1 Å². The third kappa shape index (κ3) is 4.42. The minimum absolute atomic E-state index is 0.0946. The molecule has 0 N–H and O–H groups in total. The average molecular weight is 151 g/mol. The summed E-state index contributed by atoms with van der Waals surface area (Å²) in [6.45, 7) is 4.49. The van der Waals surface area contributed by atoms with Crippen LogP contribution in [0.1, 0.15) is 20.3 Å². The second-order valence-electron chi connectivity index (χ2n) is 1.59. The average Bonchev–Trinajstić information content (AvgIpc) is 1.64. The molecule has 0 aromatic rings. The molecule has 0 aliphatic carbocycles. The fraction of sp³-hybridized carbons (Fsp3) is 0.800. The van der Waals surface area contributed by atoms with Crippen LogP contribution in [-0.2, 0) is 14.3 Å². The van der Waals surface area contributed by atoms with E-state index in [-0.39, 0.29) is 5.75 Å². The van der Waals surface area contributed by atoms with E-state index < -0.39 is 10.1 Å². The van der Waals surface area contributed by atoms with Crippen LogP contribution in [0.5, 0.6) is 0 Å². The topological polar surface area (TPSA) is 43.4 Å². The standard InChI is InChI=1S/C5H11O3S/c1-3-5-9(6,7)8-4-2/h4H,3,5H2,1-2H3. The van der Waals surface area contributed by atoms with E-state index in [2.05, 4.69) is 4.18 Å². The Balaban J connectivity index is 3.73. The summed E-state index contributed by atoms with van der Waals surface area (Å²) in [5.41, 5.74) is 0. The van der Waals surface area contributed by atoms with E-state index in [1.807, 2.05) is 0 Å². The highest BCUT2D eigenvalue weighted by atomic mass is 32.2. The van der Waals surface area contributed by atoms with E-state index in [1.165, 1.54) is 13.5 Å². The molecule has 55 valence electrons. The highest BCUT2D eigenvalue weighted by Gasteiger charge is 2.06. The van der Waals surface area contributed by atoms with Crippen LogP contribution in [0, 0.1) is 6.61 Å².